The van der Waals surface area contributed by atoms with E-state index in [-0.39, 0.29) is 29.2 Å². The zero-order valence-corrected chi connectivity index (χ0v) is 18.1. The molecule has 8 nitrogen and oxygen atoms in total. The summed E-state index contributed by atoms with van der Waals surface area (Å²) in [5, 5.41) is 0.642. The highest BCUT2D eigenvalue weighted by Gasteiger charge is 2.34. The summed E-state index contributed by atoms with van der Waals surface area (Å²) >= 11 is 7.33. The van der Waals surface area contributed by atoms with Gasteiger partial charge in [0.2, 0.25) is 11.8 Å². The maximum absolute atomic E-state index is 13.1. The SMILES string of the molecule is COc1ccc(N2C(=O)/C(=C\c3ccco3)N=C2SCC(=O)N2CCCC2=O)cc1Cl. The first-order valence-electron chi connectivity index (χ1n) is 9.46. The number of halogens is 1. The zero-order chi connectivity index (χ0) is 22.0. The summed E-state index contributed by atoms with van der Waals surface area (Å²) in [7, 11) is 1.50. The largest absolute Gasteiger partial charge is 0.495 e. The second-order valence-electron chi connectivity index (χ2n) is 6.73. The molecule has 31 heavy (non-hydrogen) atoms. The van der Waals surface area contributed by atoms with Crippen molar-refractivity contribution in [3.05, 3.63) is 53.1 Å². The van der Waals surface area contributed by atoms with Gasteiger partial charge in [-0.05, 0) is 36.8 Å². The molecule has 2 aliphatic heterocycles. The van der Waals surface area contributed by atoms with E-state index in [2.05, 4.69) is 4.99 Å². The molecule has 2 aliphatic rings. The van der Waals surface area contributed by atoms with Gasteiger partial charge in [0.1, 0.15) is 17.2 Å². The lowest BCUT2D eigenvalue weighted by molar-refractivity contribution is -0.140. The lowest BCUT2D eigenvalue weighted by Gasteiger charge is -2.19. The van der Waals surface area contributed by atoms with Gasteiger partial charge in [-0.3, -0.25) is 24.2 Å². The average Bonchev–Trinajstić information content (AvgIpc) is 3.48. The molecule has 1 aromatic carbocycles. The Morgan fingerprint density at radius 1 is 1.35 bits per heavy atom. The molecule has 160 valence electrons. The predicted molar refractivity (Wildman–Crippen MR) is 118 cm³/mol. The first-order valence-corrected chi connectivity index (χ1v) is 10.8. The summed E-state index contributed by atoms with van der Waals surface area (Å²) < 4.78 is 10.5. The van der Waals surface area contributed by atoms with Gasteiger partial charge in [-0.1, -0.05) is 23.4 Å². The van der Waals surface area contributed by atoms with E-state index >= 15 is 0 Å². The molecule has 0 N–H and O–H groups in total. The number of thioether (sulfide) groups is 1. The molecule has 0 unspecified atom stereocenters. The topological polar surface area (TPSA) is 92.4 Å². The second-order valence-corrected chi connectivity index (χ2v) is 8.08. The number of hydrogen-bond acceptors (Lipinski definition) is 7. The Balaban J connectivity index is 1.62. The van der Waals surface area contributed by atoms with Crippen LogP contribution in [-0.2, 0) is 14.4 Å². The van der Waals surface area contributed by atoms with Crippen LogP contribution in [0.15, 0.2) is 51.7 Å². The molecule has 0 bridgehead atoms. The minimum absolute atomic E-state index is 0.0216. The maximum atomic E-state index is 13.1. The van der Waals surface area contributed by atoms with E-state index in [4.69, 9.17) is 20.8 Å². The maximum Gasteiger partial charge on any atom is 0.283 e. The third-order valence-corrected chi connectivity index (χ3v) is 5.96. The van der Waals surface area contributed by atoms with Crippen molar-refractivity contribution >= 4 is 58.0 Å². The van der Waals surface area contributed by atoms with Crippen LogP contribution in [0.25, 0.3) is 6.08 Å². The van der Waals surface area contributed by atoms with Crippen molar-refractivity contribution in [1.82, 2.24) is 4.90 Å². The number of benzene rings is 1. The molecule has 3 heterocycles. The van der Waals surface area contributed by atoms with Crippen LogP contribution in [0.1, 0.15) is 18.6 Å². The number of likely N-dealkylation sites (tertiary alicyclic amines) is 1. The van der Waals surface area contributed by atoms with Crippen molar-refractivity contribution in [3.8, 4) is 5.75 Å². The Morgan fingerprint density at radius 3 is 2.84 bits per heavy atom. The van der Waals surface area contributed by atoms with Crippen molar-refractivity contribution in [2.45, 2.75) is 12.8 Å². The van der Waals surface area contributed by atoms with Crippen LogP contribution in [0.3, 0.4) is 0 Å². The van der Waals surface area contributed by atoms with Gasteiger partial charge in [0, 0.05) is 19.0 Å². The first-order chi connectivity index (χ1) is 15.0. The summed E-state index contributed by atoms with van der Waals surface area (Å²) in [6.07, 6.45) is 4.07. The molecular formula is C21H18ClN3O5S. The smallest absolute Gasteiger partial charge is 0.283 e. The number of ether oxygens (including phenoxy) is 1. The van der Waals surface area contributed by atoms with Gasteiger partial charge in [-0.25, -0.2) is 4.99 Å². The van der Waals surface area contributed by atoms with E-state index in [0.717, 1.165) is 11.8 Å². The predicted octanol–water partition coefficient (Wildman–Crippen LogP) is 3.57. The quantitative estimate of drug-likeness (QED) is 0.635. The van der Waals surface area contributed by atoms with E-state index in [1.807, 2.05) is 0 Å². The lowest BCUT2D eigenvalue weighted by atomic mass is 10.2. The van der Waals surface area contributed by atoms with Crippen LogP contribution in [0, 0.1) is 0 Å². The van der Waals surface area contributed by atoms with Gasteiger partial charge in [0.15, 0.2) is 5.17 Å². The fourth-order valence-corrected chi connectivity index (χ4v) is 4.38. The first kappa shape index (κ1) is 21.2. The molecule has 0 spiro atoms. The molecule has 4 rings (SSSR count). The van der Waals surface area contributed by atoms with Crippen molar-refractivity contribution in [1.29, 1.82) is 0 Å². The molecule has 1 aromatic heterocycles. The second kappa shape index (κ2) is 8.99. The number of methoxy groups -OCH3 is 1. The van der Waals surface area contributed by atoms with Crippen molar-refractivity contribution < 1.29 is 23.5 Å². The van der Waals surface area contributed by atoms with Gasteiger partial charge in [-0.15, -0.1) is 0 Å². The summed E-state index contributed by atoms with van der Waals surface area (Å²) in [4.78, 5) is 44.5. The normalized spacial score (nSPS) is 17.6. The molecule has 1 saturated heterocycles. The van der Waals surface area contributed by atoms with Gasteiger partial charge in [0.05, 0.1) is 29.8 Å². The molecule has 2 aromatic rings. The molecule has 0 aliphatic carbocycles. The van der Waals surface area contributed by atoms with Crippen LogP contribution in [-0.4, -0.2) is 47.2 Å². The number of imide groups is 1. The Bertz CT molecular complexity index is 1100. The lowest BCUT2D eigenvalue weighted by Crippen LogP contribution is -2.35. The van der Waals surface area contributed by atoms with E-state index in [0.29, 0.717) is 46.8 Å². The Kier molecular flexibility index (Phi) is 6.15. The van der Waals surface area contributed by atoms with Gasteiger partial charge in [-0.2, -0.15) is 0 Å². The number of hydrogen-bond donors (Lipinski definition) is 0. The highest BCUT2D eigenvalue weighted by Crippen LogP contribution is 2.34. The Hall–Kier alpha value is -3.04. The molecule has 0 radical (unpaired) electrons. The highest BCUT2D eigenvalue weighted by atomic mass is 35.5. The van der Waals surface area contributed by atoms with Gasteiger partial charge in [0.25, 0.3) is 5.91 Å². The average molecular weight is 460 g/mol. The fourth-order valence-electron chi connectivity index (χ4n) is 3.24. The molecular weight excluding hydrogens is 442 g/mol. The molecule has 0 saturated carbocycles. The van der Waals surface area contributed by atoms with E-state index in [9.17, 15) is 14.4 Å². The highest BCUT2D eigenvalue weighted by molar-refractivity contribution is 8.14. The number of amides is 3. The van der Waals surface area contributed by atoms with Crippen LogP contribution < -0.4 is 9.64 Å². The number of anilines is 1. The van der Waals surface area contributed by atoms with E-state index < -0.39 is 0 Å². The number of furan rings is 1. The van der Waals surface area contributed by atoms with Crippen LogP contribution >= 0.6 is 23.4 Å². The number of carbonyl (C=O) groups is 3. The number of aliphatic imine (C=N–C) groups is 1. The minimum atomic E-state index is -0.384. The van der Waals surface area contributed by atoms with Gasteiger partial charge < -0.3 is 9.15 Å². The zero-order valence-electron chi connectivity index (χ0n) is 16.5. The monoisotopic (exact) mass is 459 g/mol. The third-order valence-electron chi connectivity index (χ3n) is 4.74. The van der Waals surface area contributed by atoms with Crippen molar-refractivity contribution in [3.63, 3.8) is 0 Å². The minimum Gasteiger partial charge on any atom is -0.495 e. The van der Waals surface area contributed by atoms with Crippen LogP contribution in [0.4, 0.5) is 5.69 Å². The van der Waals surface area contributed by atoms with Crippen molar-refractivity contribution in [2.75, 3.05) is 24.3 Å². The van der Waals surface area contributed by atoms with E-state index in [1.165, 1.54) is 29.2 Å². The summed E-state index contributed by atoms with van der Waals surface area (Å²) in [6, 6.07) is 8.34. The number of rotatable bonds is 5. The Labute approximate surface area is 187 Å². The fraction of sp³-hybridized carbons (Fsp3) is 0.238. The van der Waals surface area contributed by atoms with Crippen molar-refractivity contribution in [2.24, 2.45) is 4.99 Å². The summed E-state index contributed by atoms with van der Waals surface area (Å²) in [6.45, 7) is 0.422. The standard InChI is InChI=1S/C21H18ClN3O5S/c1-29-17-7-6-13(10-15(17)22)25-20(28)16(11-14-4-3-9-30-14)23-21(25)31-12-19(27)24-8-2-5-18(24)26/h3-4,6-7,9-11H,2,5,8,12H2,1H3/b16-11+. The Morgan fingerprint density at radius 2 is 2.19 bits per heavy atom. The molecule has 3 amide bonds. The number of amidine groups is 1. The molecule has 1 fully saturated rings. The number of carbonyl (C=O) groups excluding carboxylic acids is 3. The molecule has 10 heteroatoms. The molecule has 0 atom stereocenters. The van der Waals surface area contributed by atoms with Gasteiger partial charge >= 0.3 is 0 Å². The number of nitrogens with zero attached hydrogens (tertiary/aromatic N) is 3. The van der Waals surface area contributed by atoms with E-state index in [1.54, 1.807) is 30.3 Å². The summed E-state index contributed by atoms with van der Waals surface area (Å²) in [5.74, 6) is 0.0599. The van der Waals surface area contributed by atoms with Crippen LogP contribution in [0.2, 0.25) is 5.02 Å². The summed E-state index contributed by atoms with van der Waals surface area (Å²) in [5.41, 5.74) is 0.642. The van der Waals surface area contributed by atoms with Crippen LogP contribution in [0.5, 0.6) is 5.75 Å². The third kappa shape index (κ3) is 4.38.